The number of ketones is 1. The summed E-state index contributed by atoms with van der Waals surface area (Å²) in [5, 5.41) is 6.88. The van der Waals surface area contributed by atoms with Crippen molar-refractivity contribution in [1.29, 1.82) is 0 Å². The summed E-state index contributed by atoms with van der Waals surface area (Å²) < 4.78 is 6.98. The van der Waals surface area contributed by atoms with Gasteiger partial charge in [-0.2, -0.15) is 0 Å². The third kappa shape index (κ3) is 2.74. The van der Waals surface area contributed by atoms with E-state index < -0.39 is 11.6 Å². The quantitative estimate of drug-likeness (QED) is 0.519. The van der Waals surface area contributed by atoms with Crippen LogP contribution in [-0.4, -0.2) is 38.9 Å². The average molecular weight is 418 g/mol. The molecule has 2 aliphatic rings. The zero-order valence-corrected chi connectivity index (χ0v) is 17.6. The highest BCUT2D eigenvalue weighted by Crippen LogP contribution is 2.41. The van der Waals surface area contributed by atoms with Gasteiger partial charge < -0.3 is 9.84 Å². The standard InChI is InChI=1S/C23H22N4O4/c1-13-10-17(15(3)27(13)20-11-14(2)31-25-20)19(28)12-26-21(29)23(24-22(26)30)9-8-16-6-4-5-7-18(16)23/h4-7,10-11H,8-9,12H2,1-3H3,(H,24,30). The van der Waals surface area contributed by atoms with Crippen LogP contribution >= 0.6 is 0 Å². The highest BCUT2D eigenvalue weighted by atomic mass is 16.5. The number of hydrogen-bond acceptors (Lipinski definition) is 5. The number of fused-ring (bicyclic) bond motifs is 2. The van der Waals surface area contributed by atoms with Crippen LogP contribution in [0.5, 0.6) is 0 Å². The van der Waals surface area contributed by atoms with Crippen LogP contribution in [0.15, 0.2) is 40.9 Å². The van der Waals surface area contributed by atoms with E-state index in [0.717, 1.165) is 21.7 Å². The molecule has 0 saturated carbocycles. The van der Waals surface area contributed by atoms with Gasteiger partial charge in [0.05, 0.1) is 6.54 Å². The van der Waals surface area contributed by atoms with E-state index in [1.807, 2.05) is 42.7 Å². The van der Waals surface area contributed by atoms with E-state index in [2.05, 4.69) is 10.5 Å². The summed E-state index contributed by atoms with van der Waals surface area (Å²) >= 11 is 0. The van der Waals surface area contributed by atoms with Crippen molar-refractivity contribution >= 4 is 17.7 Å². The molecular weight excluding hydrogens is 396 g/mol. The van der Waals surface area contributed by atoms with Crippen LogP contribution in [0.4, 0.5) is 4.79 Å². The minimum atomic E-state index is -1.07. The smallest absolute Gasteiger partial charge is 0.325 e. The first kappa shape index (κ1) is 19.3. The Morgan fingerprint density at radius 2 is 1.97 bits per heavy atom. The number of carbonyl (C=O) groups excluding carboxylic acids is 3. The topological polar surface area (TPSA) is 97.4 Å². The van der Waals surface area contributed by atoms with Gasteiger partial charge in [0.15, 0.2) is 11.6 Å². The maximum absolute atomic E-state index is 13.3. The van der Waals surface area contributed by atoms with Gasteiger partial charge in [0.1, 0.15) is 11.3 Å². The lowest BCUT2D eigenvalue weighted by Gasteiger charge is -2.22. The molecule has 3 amide bonds. The Hall–Kier alpha value is -3.68. The first-order valence-electron chi connectivity index (χ1n) is 10.2. The van der Waals surface area contributed by atoms with Crippen LogP contribution in [0, 0.1) is 20.8 Å². The second kappa shape index (κ2) is 6.66. The first-order valence-corrected chi connectivity index (χ1v) is 10.2. The van der Waals surface area contributed by atoms with Crippen molar-refractivity contribution in [3.05, 3.63) is 70.2 Å². The molecule has 158 valence electrons. The van der Waals surface area contributed by atoms with E-state index in [1.54, 1.807) is 19.1 Å². The minimum Gasteiger partial charge on any atom is -0.360 e. The van der Waals surface area contributed by atoms with Gasteiger partial charge in [-0.25, -0.2) is 4.79 Å². The third-order valence-electron chi connectivity index (χ3n) is 6.30. The van der Waals surface area contributed by atoms with Gasteiger partial charge in [-0.1, -0.05) is 29.4 Å². The molecule has 8 nitrogen and oxygen atoms in total. The highest BCUT2D eigenvalue weighted by molar-refractivity contribution is 6.12. The molecule has 1 saturated heterocycles. The summed E-state index contributed by atoms with van der Waals surface area (Å²) in [7, 11) is 0. The number of amides is 3. The Kier molecular flexibility index (Phi) is 4.15. The number of nitrogens with one attached hydrogen (secondary N) is 1. The lowest BCUT2D eigenvalue weighted by atomic mass is 9.92. The molecule has 0 bridgehead atoms. The maximum atomic E-state index is 13.3. The number of Topliss-reactive ketones (excluding diaryl/α,β-unsaturated/α-hetero) is 1. The summed E-state index contributed by atoms with van der Waals surface area (Å²) in [5.74, 6) is 0.586. The number of aromatic nitrogens is 2. The molecule has 31 heavy (non-hydrogen) atoms. The van der Waals surface area contributed by atoms with Crippen LogP contribution in [0.1, 0.15) is 45.1 Å². The van der Waals surface area contributed by atoms with Crippen molar-refractivity contribution in [2.24, 2.45) is 0 Å². The van der Waals surface area contributed by atoms with Crippen molar-refractivity contribution < 1.29 is 18.9 Å². The summed E-state index contributed by atoms with van der Waals surface area (Å²) in [6, 6.07) is 10.6. The maximum Gasteiger partial charge on any atom is 0.325 e. The predicted octanol–water partition coefficient (Wildman–Crippen LogP) is 2.97. The average Bonchev–Trinajstić information content (AvgIpc) is 3.46. The van der Waals surface area contributed by atoms with Crippen LogP contribution in [-0.2, 0) is 16.8 Å². The highest BCUT2D eigenvalue weighted by Gasteiger charge is 2.55. The van der Waals surface area contributed by atoms with Crippen LogP contribution < -0.4 is 5.32 Å². The second-order valence-corrected chi connectivity index (χ2v) is 8.22. The molecule has 2 aromatic heterocycles. The monoisotopic (exact) mass is 418 g/mol. The van der Waals surface area contributed by atoms with Gasteiger partial charge in [0.2, 0.25) is 0 Å². The van der Waals surface area contributed by atoms with Crippen molar-refractivity contribution in [1.82, 2.24) is 19.9 Å². The number of urea groups is 1. The molecule has 5 rings (SSSR count). The van der Waals surface area contributed by atoms with Gasteiger partial charge in [0.25, 0.3) is 5.91 Å². The fraction of sp³-hybridized carbons (Fsp3) is 0.304. The molecule has 8 heteroatoms. The molecular formula is C23H22N4O4. The number of carbonyl (C=O) groups is 3. The molecule has 1 aliphatic heterocycles. The molecule has 1 fully saturated rings. The van der Waals surface area contributed by atoms with Gasteiger partial charge >= 0.3 is 6.03 Å². The van der Waals surface area contributed by atoms with Crippen LogP contribution in [0.25, 0.3) is 5.82 Å². The van der Waals surface area contributed by atoms with Gasteiger partial charge in [-0.15, -0.1) is 0 Å². The Morgan fingerprint density at radius 3 is 2.71 bits per heavy atom. The van der Waals surface area contributed by atoms with Crippen molar-refractivity contribution in [3.63, 3.8) is 0 Å². The van der Waals surface area contributed by atoms with Gasteiger partial charge in [-0.3, -0.25) is 19.1 Å². The molecule has 3 heterocycles. The van der Waals surface area contributed by atoms with E-state index in [1.165, 1.54) is 0 Å². The number of benzene rings is 1. The molecule has 1 N–H and O–H groups in total. The van der Waals surface area contributed by atoms with E-state index in [9.17, 15) is 14.4 Å². The molecule has 0 radical (unpaired) electrons. The Bertz CT molecular complexity index is 1250. The van der Waals surface area contributed by atoms with Gasteiger partial charge in [0, 0.05) is 23.0 Å². The Balaban J connectivity index is 1.43. The Labute approximate surface area is 178 Å². The zero-order valence-electron chi connectivity index (χ0n) is 17.6. The van der Waals surface area contributed by atoms with E-state index in [-0.39, 0.29) is 18.2 Å². The summed E-state index contributed by atoms with van der Waals surface area (Å²) in [6.45, 7) is 5.17. The van der Waals surface area contributed by atoms with E-state index in [0.29, 0.717) is 35.7 Å². The molecule has 1 atom stereocenters. The van der Waals surface area contributed by atoms with E-state index >= 15 is 0 Å². The van der Waals surface area contributed by atoms with E-state index in [4.69, 9.17) is 4.52 Å². The minimum absolute atomic E-state index is 0.300. The summed E-state index contributed by atoms with van der Waals surface area (Å²) in [5.41, 5.74) is 2.75. The number of nitrogens with zero attached hydrogens (tertiary/aromatic N) is 3. The van der Waals surface area contributed by atoms with Crippen molar-refractivity contribution in [3.8, 4) is 5.82 Å². The SMILES string of the molecule is Cc1cc(-n2c(C)cc(C(=O)CN3C(=O)NC4(CCc5ccccc54)C3=O)c2C)no1. The molecule has 1 unspecified atom stereocenters. The molecule has 1 spiro atoms. The number of aryl methyl sites for hydroxylation is 3. The third-order valence-corrected chi connectivity index (χ3v) is 6.30. The first-order chi connectivity index (χ1) is 14.8. The lowest BCUT2D eigenvalue weighted by Crippen LogP contribution is -2.42. The predicted molar refractivity (Wildman–Crippen MR) is 111 cm³/mol. The largest absolute Gasteiger partial charge is 0.360 e. The Morgan fingerprint density at radius 1 is 1.19 bits per heavy atom. The zero-order chi connectivity index (χ0) is 21.9. The van der Waals surface area contributed by atoms with Gasteiger partial charge in [-0.05, 0) is 50.8 Å². The van der Waals surface area contributed by atoms with Crippen LogP contribution in [0.2, 0.25) is 0 Å². The van der Waals surface area contributed by atoms with Crippen LogP contribution in [0.3, 0.4) is 0 Å². The lowest BCUT2D eigenvalue weighted by molar-refractivity contribution is -0.131. The number of hydrogen-bond donors (Lipinski definition) is 1. The number of imide groups is 1. The summed E-state index contributed by atoms with van der Waals surface area (Å²) in [6.07, 6.45) is 1.21. The fourth-order valence-electron chi connectivity index (χ4n) is 4.82. The molecule has 1 aromatic carbocycles. The van der Waals surface area contributed by atoms with Crippen molar-refractivity contribution in [2.45, 2.75) is 39.2 Å². The summed E-state index contributed by atoms with van der Waals surface area (Å²) in [4.78, 5) is 40.2. The fourth-order valence-corrected chi connectivity index (χ4v) is 4.82. The molecule has 1 aliphatic carbocycles. The second-order valence-electron chi connectivity index (χ2n) is 8.22. The normalized spacial score (nSPS) is 19.9. The number of rotatable bonds is 4. The molecule has 3 aromatic rings. The van der Waals surface area contributed by atoms with Crippen molar-refractivity contribution in [2.75, 3.05) is 6.54 Å².